The fourth-order valence-electron chi connectivity index (χ4n) is 3.50. The predicted molar refractivity (Wildman–Crippen MR) is 91.5 cm³/mol. The Morgan fingerprint density at radius 1 is 1.22 bits per heavy atom. The molecule has 128 valence electrons. The second-order valence-corrected chi connectivity index (χ2v) is 5.93. The van der Waals surface area contributed by atoms with Crippen molar-refractivity contribution in [2.24, 2.45) is 0 Å². The molecule has 2 aliphatic heterocycles. The summed E-state index contributed by atoms with van der Waals surface area (Å²) in [5.74, 6) is 1.61. The van der Waals surface area contributed by atoms with Gasteiger partial charge in [0.25, 0.3) is 0 Å². The molecule has 2 bridgehead atoms. The lowest BCUT2D eigenvalue weighted by Crippen LogP contribution is -2.42. The lowest BCUT2D eigenvalue weighted by molar-refractivity contribution is -0.134. The van der Waals surface area contributed by atoms with E-state index in [1.54, 1.807) is 7.11 Å². The van der Waals surface area contributed by atoms with E-state index in [9.17, 15) is 4.79 Å². The Bertz CT molecular complexity index is 512. The summed E-state index contributed by atoms with van der Waals surface area (Å²) in [5, 5.41) is 3.42. The molecule has 3 rings (SSSR count). The average molecular weight is 341 g/mol. The third-order valence-corrected chi connectivity index (χ3v) is 4.58. The zero-order valence-corrected chi connectivity index (χ0v) is 14.3. The van der Waals surface area contributed by atoms with Gasteiger partial charge in [-0.05, 0) is 37.9 Å². The van der Waals surface area contributed by atoms with Crippen LogP contribution in [-0.4, -0.2) is 49.7 Å². The minimum Gasteiger partial charge on any atom is -0.493 e. The number of fused-ring (bicyclic) bond motifs is 2. The van der Waals surface area contributed by atoms with Gasteiger partial charge in [-0.1, -0.05) is 12.1 Å². The van der Waals surface area contributed by atoms with Gasteiger partial charge in [-0.15, -0.1) is 12.4 Å². The summed E-state index contributed by atoms with van der Waals surface area (Å²) in [6.07, 6.45) is 3.75. The van der Waals surface area contributed by atoms with E-state index in [2.05, 4.69) is 10.2 Å². The van der Waals surface area contributed by atoms with Crippen molar-refractivity contribution in [3.63, 3.8) is 0 Å². The van der Waals surface area contributed by atoms with Crippen molar-refractivity contribution in [3.05, 3.63) is 24.3 Å². The summed E-state index contributed by atoms with van der Waals surface area (Å²) >= 11 is 0. The van der Waals surface area contributed by atoms with Gasteiger partial charge < -0.3 is 19.7 Å². The molecule has 2 heterocycles. The standard InChI is InChI=1S/C17H24N2O3.ClH/c1-21-15-4-2-3-5-16(15)22-11-9-17(20)19-13-6-7-14(19)12-18-10-8-13;/h2-5,13-14,18H,6-12H2,1H3;1H. The molecule has 0 aliphatic carbocycles. The lowest BCUT2D eigenvalue weighted by Gasteiger charge is -2.28. The number of benzene rings is 1. The second kappa shape index (κ2) is 8.41. The fourth-order valence-corrected chi connectivity index (χ4v) is 3.50. The first kappa shape index (κ1) is 17.9. The normalized spacial score (nSPS) is 22.9. The molecule has 2 fully saturated rings. The van der Waals surface area contributed by atoms with Gasteiger partial charge in [0.1, 0.15) is 0 Å². The molecule has 2 unspecified atom stereocenters. The van der Waals surface area contributed by atoms with Gasteiger partial charge in [0, 0.05) is 18.6 Å². The van der Waals surface area contributed by atoms with Crippen LogP contribution in [-0.2, 0) is 4.79 Å². The minimum absolute atomic E-state index is 0. The molecule has 2 saturated heterocycles. The predicted octanol–water partition coefficient (Wildman–Crippen LogP) is 2.24. The Labute approximate surface area is 143 Å². The van der Waals surface area contributed by atoms with E-state index in [4.69, 9.17) is 9.47 Å². The highest BCUT2D eigenvalue weighted by Gasteiger charge is 2.37. The van der Waals surface area contributed by atoms with Gasteiger partial charge in [-0.3, -0.25) is 4.79 Å². The van der Waals surface area contributed by atoms with E-state index >= 15 is 0 Å². The number of para-hydroxylation sites is 2. The van der Waals surface area contributed by atoms with Crippen molar-refractivity contribution < 1.29 is 14.3 Å². The fraction of sp³-hybridized carbons (Fsp3) is 0.588. The van der Waals surface area contributed by atoms with E-state index in [1.165, 1.54) is 0 Å². The molecule has 0 saturated carbocycles. The number of methoxy groups -OCH3 is 1. The third kappa shape index (κ3) is 4.09. The van der Waals surface area contributed by atoms with E-state index < -0.39 is 0 Å². The molecule has 0 aromatic heterocycles. The Morgan fingerprint density at radius 2 is 1.96 bits per heavy atom. The summed E-state index contributed by atoms with van der Waals surface area (Å²) in [4.78, 5) is 14.6. The molecule has 5 nitrogen and oxygen atoms in total. The van der Waals surface area contributed by atoms with E-state index in [0.29, 0.717) is 36.6 Å². The number of amides is 1. The molecule has 0 radical (unpaired) electrons. The van der Waals surface area contributed by atoms with Gasteiger partial charge >= 0.3 is 0 Å². The van der Waals surface area contributed by atoms with E-state index in [-0.39, 0.29) is 18.3 Å². The number of carbonyl (C=O) groups excluding carboxylic acids is 1. The number of ether oxygens (including phenoxy) is 2. The molecule has 2 aliphatic rings. The quantitative estimate of drug-likeness (QED) is 0.893. The van der Waals surface area contributed by atoms with Gasteiger partial charge in [0.2, 0.25) is 5.91 Å². The average Bonchev–Trinajstić information content (AvgIpc) is 2.80. The van der Waals surface area contributed by atoms with Crippen LogP contribution in [0.4, 0.5) is 0 Å². The van der Waals surface area contributed by atoms with E-state index in [0.717, 1.165) is 32.4 Å². The first-order chi connectivity index (χ1) is 10.8. The minimum atomic E-state index is 0. The summed E-state index contributed by atoms with van der Waals surface area (Å²) in [6.45, 7) is 2.33. The van der Waals surface area contributed by atoms with Crippen molar-refractivity contribution in [1.82, 2.24) is 10.2 Å². The summed E-state index contributed by atoms with van der Waals surface area (Å²) < 4.78 is 11.0. The van der Waals surface area contributed by atoms with Crippen LogP contribution in [0, 0.1) is 0 Å². The van der Waals surface area contributed by atoms with Gasteiger partial charge in [-0.2, -0.15) is 0 Å². The molecule has 1 aromatic carbocycles. The van der Waals surface area contributed by atoms with Crippen LogP contribution in [0.3, 0.4) is 0 Å². The molecular weight excluding hydrogens is 316 g/mol. The zero-order chi connectivity index (χ0) is 15.4. The molecule has 1 aromatic rings. The SMILES string of the molecule is COc1ccccc1OCCC(=O)N1C2CCNCC1CC2.Cl. The van der Waals surface area contributed by atoms with Gasteiger partial charge in [0.05, 0.1) is 20.1 Å². The molecule has 1 amide bonds. The molecule has 0 spiro atoms. The van der Waals surface area contributed by atoms with Crippen molar-refractivity contribution in [3.8, 4) is 11.5 Å². The maximum absolute atomic E-state index is 12.5. The highest BCUT2D eigenvalue weighted by atomic mass is 35.5. The highest BCUT2D eigenvalue weighted by Crippen LogP contribution is 2.29. The van der Waals surface area contributed by atoms with Crippen LogP contribution in [0.5, 0.6) is 11.5 Å². The number of hydrogen-bond acceptors (Lipinski definition) is 4. The Kier molecular flexibility index (Phi) is 6.54. The van der Waals surface area contributed by atoms with Crippen LogP contribution in [0.15, 0.2) is 24.3 Å². The number of nitrogens with zero attached hydrogens (tertiary/aromatic N) is 1. The summed E-state index contributed by atoms with van der Waals surface area (Å²) in [7, 11) is 1.62. The Morgan fingerprint density at radius 3 is 2.74 bits per heavy atom. The van der Waals surface area contributed by atoms with Crippen molar-refractivity contribution in [1.29, 1.82) is 0 Å². The number of halogens is 1. The zero-order valence-electron chi connectivity index (χ0n) is 13.5. The van der Waals surface area contributed by atoms with Crippen molar-refractivity contribution in [2.45, 2.75) is 37.8 Å². The first-order valence-corrected chi connectivity index (χ1v) is 8.07. The number of carbonyl (C=O) groups is 1. The monoisotopic (exact) mass is 340 g/mol. The number of nitrogens with one attached hydrogen (secondary N) is 1. The van der Waals surface area contributed by atoms with Crippen molar-refractivity contribution >= 4 is 18.3 Å². The number of rotatable bonds is 5. The summed E-state index contributed by atoms with van der Waals surface area (Å²) in [6, 6.07) is 8.31. The topological polar surface area (TPSA) is 50.8 Å². The van der Waals surface area contributed by atoms with Gasteiger partial charge in [-0.25, -0.2) is 0 Å². The van der Waals surface area contributed by atoms with Crippen molar-refractivity contribution in [2.75, 3.05) is 26.8 Å². The van der Waals surface area contributed by atoms with Crippen LogP contribution in [0.2, 0.25) is 0 Å². The largest absolute Gasteiger partial charge is 0.493 e. The molecule has 1 N–H and O–H groups in total. The second-order valence-electron chi connectivity index (χ2n) is 5.93. The molecule has 23 heavy (non-hydrogen) atoms. The third-order valence-electron chi connectivity index (χ3n) is 4.58. The van der Waals surface area contributed by atoms with E-state index in [1.807, 2.05) is 24.3 Å². The lowest BCUT2D eigenvalue weighted by atomic mass is 10.1. The van der Waals surface area contributed by atoms with Crippen LogP contribution < -0.4 is 14.8 Å². The molecular formula is C17H25ClN2O3. The van der Waals surface area contributed by atoms with Gasteiger partial charge in [0.15, 0.2) is 11.5 Å². The summed E-state index contributed by atoms with van der Waals surface area (Å²) in [5.41, 5.74) is 0. The molecule has 2 atom stereocenters. The number of hydrogen-bond donors (Lipinski definition) is 1. The molecule has 6 heteroatoms. The smallest absolute Gasteiger partial charge is 0.226 e. The van der Waals surface area contributed by atoms with Crippen LogP contribution in [0.1, 0.15) is 25.7 Å². The Balaban J connectivity index is 0.00000192. The maximum atomic E-state index is 12.5. The first-order valence-electron chi connectivity index (χ1n) is 8.07. The van der Waals surface area contributed by atoms with Crippen LogP contribution >= 0.6 is 12.4 Å². The highest BCUT2D eigenvalue weighted by molar-refractivity contribution is 5.85. The van der Waals surface area contributed by atoms with Crippen LogP contribution in [0.25, 0.3) is 0 Å². The maximum Gasteiger partial charge on any atom is 0.226 e. The Hall–Kier alpha value is -1.46.